The molecule has 3 atom stereocenters. The van der Waals surface area contributed by atoms with Gasteiger partial charge in [-0.15, -0.1) is 0 Å². The van der Waals surface area contributed by atoms with Crippen molar-refractivity contribution in [2.45, 2.75) is 44.0 Å². The fourth-order valence-corrected chi connectivity index (χ4v) is 3.10. The van der Waals surface area contributed by atoms with Crippen molar-refractivity contribution in [1.82, 2.24) is 9.96 Å². The molecule has 6 heteroatoms. The quantitative estimate of drug-likeness (QED) is 0.744. The van der Waals surface area contributed by atoms with Gasteiger partial charge in [0, 0.05) is 6.54 Å². The molecule has 0 aromatic rings. The smallest absolute Gasteiger partial charge is 0.344 e. The summed E-state index contributed by atoms with van der Waals surface area (Å²) < 4.78 is 0. The van der Waals surface area contributed by atoms with Crippen LogP contribution in [0.4, 0.5) is 4.79 Å². The average Bonchev–Trinajstić information content (AvgIpc) is 2.70. The van der Waals surface area contributed by atoms with Gasteiger partial charge in [-0.1, -0.05) is 18.2 Å². The number of hydrogen-bond donors (Lipinski definition) is 2. The number of carbonyl (C=O) groups excluding carboxylic acids is 1. The molecule has 3 rings (SSSR count). The molecule has 2 unspecified atom stereocenters. The number of hydrogen-bond acceptors (Lipinski definition) is 4. The molecular weight excluding hydrogens is 258 g/mol. The summed E-state index contributed by atoms with van der Waals surface area (Å²) in [5.41, 5.74) is 6.64. The number of carbonyl (C=O) groups is 1. The first-order chi connectivity index (χ1) is 9.66. The van der Waals surface area contributed by atoms with Gasteiger partial charge in [0.15, 0.2) is 0 Å². The van der Waals surface area contributed by atoms with Crippen LogP contribution in [0.5, 0.6) is 0 Å². The van der Waals surface area contributed by atoms with Crippen molar-refractivity contribution in [3.8, 4) is 0 Å². The van der Waals surface area contributed by atoms with Crippen molar-refractivity contribution in [2.75, 3.05) is 13.2 Å². The number of urea groups is 1. The number of piperidine rings is 1. The Morgan fingerprint density at radius 3 is 3.00 bits per heavy atom. The predicted octanol–water partition coefficient (Wildman–Crippen LogP) is 0.740. The molecule has 2 aliphatic heterocycles. The van der Waals surface area contributed by atoms with Crippen LogP contribution < -0.4 is 5.73 Å². The van der Waals surface area contributed by atoms with Gasteiger partial charge in [-0.3, -0.25) is 4.84 Å². The molecule has 0 radical (unpaired) electrons. The lowest BCUT2D eigenvalue weighted by molar-refractivity contribution is -0.120. The second-order valence-electron chi connectivity index (χ2n) is 5.58. The van der Waals surface area contributed by atoms with Crippen molar-refractivity contribution in [3.05, 3.63) is 23.8 Å². The second kappa shape index (κ2) is 5.55. The number of aliphatic hydroxyl groups excluding tert-OH is 1. The maximum Gasteiger partial charge on any atom is 0.344 e. The molecule has 6 nitrogen and oxygen atoms in total. The lowest BCUT2D eigenvalue weighted by atomic mass is 10.00. The number of nitrogens with zero attached hydrogens (tertiary/aromatic N) is 2. The van der Waals surface area contributed by atoms with E-state index in [1.165, 1.54) is 5.06 Å². The van der Waals surface area contributed by atoms with Crippen LogP contribution in [-0.2, 0) is 4.84 Å². The zero-order valence-corrected chi connectivity index (χ0v) is 11.4. The summed E-state index contributed by atoms with van der Waals surface area (Å²) in [5.74, 6) is 0. The van der Waals surface area contributed by atoms with Crippen LogP contribution in [0.1, 0.15) is 25.7 Å². The summed E-state index contributed by atoms with van der Waals surface area (Å²) in [5, 5.41) is 11.0. The average molecular weight is 279 g/mol. The van der Waals surface area contributed by atoms with Crippen LogP contribution in [-0.4, -0.2) is 52.6 Å². The fraction of sp³-hybridized carbons (Fsp3) is 0.643. The second-order valence-corrected chi connectivity index (χ2v) is 5.58. The van der Waals surface area contributed by atoms with E-state index in [1.54, 1.807) is 4.90 Å². The molecule has 1 aliphatic carbocycles. The molecule has 2 amide bonds. The number of aliphatic hydroxyl groups is 1. The minimum absolute atomic E-state index is 0.0747. The Labute approximate surface area is 118 Å². The molecule has 0 aromatic carbocycles. The van der Waals surface area contributed by atoms with Crippen LogP contribution in [0.25, 0.3) is 0 Å². The van der Waals surface area contributed by atoms with Crippen LogP contribution in [0, 0.1) is 0 Å². The summed E-state index contributed by atoms with van der Waals surface area (Å²) >= 11 is 0. The van der Waals surface area contributed by atoms with Gasteiger partial charge in [0.25, 0.3) is 0 Å². The normalized spacial score (nSPS) is 30.7. The number of rotatable bonds is 4. The SMILES string of the molecule is NC(O)[C@@H]1CCC2CN1C(=O)N2OCC1=CCCC=C1. The largest absolute Gasteiger partial charge is 0.377 e. The summed E-state index contributed by atoms with van der Waals surface area (Å²) in [7, 11) is 0. The molecule has 2 heterocycles. The maximum absolute atomic E-state index is 12.3. The van der Waals surface area contributed by atoms with Gasteiger partial charge in [0.2, 0.25) is 0 Å². The standard InChI is InChI=1S/C14H21N3O3/c15-13(18)12-7-6-11-8-16(12)14(19)17(11)20-9-10-4-2-1-3-5-10/h2,4-5,11-13,18H,1,3,6-9,15H2/t11?,12-,13?/m0/s1. The Balaban J connectivity index is 1.62. The van der Waals surface area contributed by atoms with Gasteiger partial charge >= 0.3 is 6.03 Å². The van der Waals surface area contributed by atoms with Crippen molar-refractivity contribution < 1.29 is 14.7 Å². The van der Waals surface area contributed by atoms with Gasteiger partial charge in [-0.2, -0.15) is 5.06 Å². The summed E-state index contributed by atoms with van der Waals surface area (Å²) in [6.07, 6.45) is 8.95. The van der Waals surface area contributed by atoms with E-state index < -0.39 is 6.23 Å². The van der Waals surface area contributed by atoms with E-state index in [0.29, 0.717) is 13.2 Å². The molecule has 110 valence electrons. The van der Waals surface area contributed by atoms with Crippen molar-refractivity contribution in [2.24, 2.45) is 5.73 Å². The summed E-state index contributed by atoms with van der Waals surface area (Å²) in [6.45, 7) is 1.01. The molecule has 2 bridgehead atoms. The highest BCUT2D eigenvalue weighted by Crippen LogP contribution is 2.31. The highest BCUT2D eigenvalue weighted by molar-refractivity contribution is 5.77. The molecule has 0 saturated carbocycles. The van der Waals surface area contributed by atoms with Crippen LogP contribution >= 0.6 is 0 Å². The van der Waals surface area contributed by atoms with Gasteiger partial charge in [-0.25, -0.2) is 4.79 Å². The Hall–Kier alpha value is -1.37. The molecule has 0 spiro atoms. The third-order valence-electron chi connectivity index (χ3n) is 4.21. The number of amides is 2. The van der Waals surface area contributed by atoms with Crippen LogP contribution in [0.15, 0.2) is 23.8 Å². The molecule has 0 aromatic heterocycles. The number of nitrogens with two attached hydrogens (primary N) is 1. The van der Waals surface area contributed by atoms with Gasteiger partial charge in [0.05, 0.1) is 18.7 Å². The first kappa shape index (κ1) is 13.6. The summed E-state index contributed by atoms with van der Waals surface area (Å²) in [4.78, 5) is 19.6. The lowest BCUT2D eigenvalue weighted by Gasteiger charge is -2.31. The minimum Gasteiger partial charge on any atom is -0.377 e. The Morgan fingerprint density at radius 2 is 2.30 bits per heavy atom. The molecule has 2 fully saturated rings. The van der Waals surface area contributed by atoms with Crippen molar-refractivity contribution >= 4 is 6.03 Å². The van der Waals surface area contributed by atoms with E-state index in [9.17, 15) is 9.90 Å². The molecular formula is C14H21N3O3. The highest BCUT2D eigenvalue weighted by atomic mass is 16.7. The third kappa shape index (κ3) is 2.46. The van der Waals surface area contributed by atoms with Crippen LogP contribution in [0.2, 0.25) is 0 Å². The monoisotopic (exact) mass is 279 g/mol. The molecule has 3 N–H and O–H groups in total. The van der Waals surface area contributed by atoms with Crippen molar-refractivity contribution in [3.63, 3.8) is 0 Å². The number of hydroxylamine groups is 2. The third-order valence-corrected chi connectivity index (χ3v) is 4.21. The Bertz CT molecular complexity index is 447. The number of fused-ring (bicyclic) bond motifs is 2. The zero-order valence-electron chi connectivity index (χ0n) is 11.4. The van der Waals surface area contributed by atoms with E-state index >= 15 is 0 Å². The fourth-order valence-electron chi connectivity index (χ4n) is 3.10. The first-order valence-electron chi connectivity index (χ1n) is 7.19. The van der Waals surface area contributed by atoms with E-state index in [0.717, 1.165) is 31.3 Å². The molecule has 2 saturated heterocycles. The maximum atomic E-state index is 12.3. The van der Waals surface area contributed by atoms with E-state index in [1.807, 2.05) is 6.08 Å². The van der Waals surface area contributed by atoms with E-state index in [-0.39, 0.29) is 18.1 Å². The topological polar surface area (TPSA) is 79.0 Å². The lowest BCUT2D eigenvalue weighted by Crippen LogP contribution is -2.50. The predicted molar refractivity (Wildman–Crippen MR) is 73.4 cm³/mol. The Kier molecular flexibility index (Phi) is 3.78. The van der Waals surface area contributed by atoms with Gasteiger partial charge in [-0.05, 0) is 31.3 Å². The van der Waals surface area contributed by atoms with E-state index in [2.05, 4.69) is 12.2 Å². The molecule has 3 aliphatic rings. The number of allylic oxidation sites excluding steroid dienone is 2. The minimum atomic E-state index is -0.983. The van der Waals surface area contributed by atoms with Crippen LogP contribution in [0.3, 0.4) is 0 Å². The zero-order chi connectivity index (χ0) is 14.1. The molecule has 20 heavy (non-hydrogen) atoms. The Morgan fingerprint density at radius 1 is 1.45 bits per heavy atom. The highest BCUT2D eigenvalue weighted by Gasteiger charge is 2.47. The van der Waals surface area contributed by atoms with E-state index in [4.69, 9.17) is 10.6 Å². The van der Waals surface area contributed by atoms with Gasteiger partial charge in [0.1, 0.15) is 6.23 Å². The summed E-state index contributed by atoms with van der Waals surface area (Å²) in [6, 6.07) is -0.394. The first-order valence-corrected chi connectivity index (χ1v) is 7.19. The van der Waals surface area contributed by atoms with Crippen molar-refractivity contribution in [1.29, 1.82) is 0 Å². The van der Waals surface area contributed by atoms with Gasteiger partial charge < -0.3 is 15.7 Å².